The first kappa shape index (κ1) is 5.68. The Morgan fingerprint density at radius 1 is 1.60 bits per heavy atom. The zero-order valence-electron chi connectivity index (χ0n) is 5.50. The zero-order valence-corrected chi connectivity index (χ0v) is 5.50. The largest absolute Gasteiger partial charge is 0.408 e. The molecule has 1 aliphatic rings. The van der Waals surface area contributed by atoms with E-state index in [9.17, 15) is 0 Å². The van der Waals surface area contributed by atoms with Crippen molar-refractivity contribution in [3.63, 3.8) is 0 Å². The van der Waals surface area contributed by atoms with Gasteiger partial charge >= 0.3 is 0 Å². The molecule has 0 saturated heterocycles. The standard InChI is InChI=1S/C7H8N2O/c1-4-9-10-7-2-3-8-5-6(1)7/h2-3,5,9H,1,4H2. The average Bonchev–Trinajstić information content (AvgIpc) is 2.05. The fraction of sp³-hybridized carbons (Fsp3) is 0.286. The van der Waals surface area contributed by atoms with Crippen LogP contribution in [0.5, 0.6) is 5.75 Å². The van der Waals surface area contributed by atoms with E-state index in [1.165, 1.54) is 5.56 Å². The Labute approximate surface area is 59.0 Å². The van der Waals surface area contributed by atoms with E-state index in [0.29, 0.717) is 0 Å². The summed E-state index contributed by atoms with van der Waals surface area (Å²) in [4.78, 5) is 9.12. The summed E-state index contributed by atoms with van der Waals surface area (Å²) < 4.78 is 0. The topological polar surface area (TPSA) is 34.2 Å². The van der Waals surface area contributed by atoms with Gasteiger partial charge in [0.15, 0.2) is 5.75 Å². The normalized spacial score (nSPS) is 15.6. The number of fused-ring (bicyclic) bond motifs is 1. The maximum atomic E-state index is 5.13. The van der Waals surface area contributed by atoms with E-state index in [2.05, 4.69) is 10.5 Å². The molecule has 3 nitrogen and oxygen atoms in total. The maximum absolute atomic E-state index is 5.13. The third kappa shape index (κ3) is 0.844. The van der Waals surface area contributed by atoms with E-state index >= 15 is 0 Å². The van der Waals surface area contributed by atoms with Gasteiger partial charge in [-0.05, 0) is 6.42 Å². The number of hydrogen-bond donors (Lipinski definition) is 1. The molecule has 0 bridgehead atoms. The molecular weight excluding hydrogens is 128 g/mol. The van der Waals surface area contributed by atoms with E-state index in [1.807, 2.05) is 12.3 Å². The van der Waals surface area contributed by atoms with Crippen molar-refractivity contribution in [2.24, 2.45) is 0 Å². The second kappa shape index (κ2) is 2.27. The van der Waals surface area contributed by atoms with Crippen molar-refractivity contribution in [1.82, 2.24) is 10.5 Å². The summed E-state index contributed by atoms with van der Waals surface area (Å²) in [6.45, 7) is 0.874. The van der Waals surface area contributed by atoms with Crippen LogP contribution in [0.1, 0.15) is 5.56 Å². The Balaban J connectivity index is 2.41. The molecule has 1 aromatic rings. The van der Waals surface area contributed by atoms with E-state index in [0.717, 1.165) is 18.7 Å². The lowest BCUT2D eigenvalue weighted by atomic mass is 10.2. The van der Waals surface area contributed by atoms with Crippen LogP contribution in [0.4, 0.5) is 0 Å². The zero-order chi connectivity index (χ0) is 6.81. The molecule has 3 heteroatoms. The van der Waals surface area contributed by atoms with Crippen LogP contribution in [0.25, 0.3) is 0 Å². The van der Waals surface area contributed by atoms with Crippen LogP contribution in [0.3, 0.4) is 0 Å². The predicted octanol–water partition coefficient (Wildman–Crippen LogP) is 0.521. The molecule has 2 rings (SSSR count). The number of rotatable bonds is 0. The lowest BCUT2D eigenvalue weighted by Gasteiger charge is -2.15. The summed E-state index contributed by atoms with van der Waals surface area (Å²) >= 11 is 0. The van der Waals surface area contributed by atoms with Crippen LogP contribution in [-0.4, -0.2) is 11.5 Å². The summed E-state index contributed by atoms with van der Waals surface area (Å²) in [5, 5.41) is 0. The summed E-state index contributed by atoms with van der Waals surface area (Å²) in [5.41, 5.74) is 3.99. The van der Waals surface area contributed by atoms with Gasteiger partial charge in [0.05, 0.1) is 0 Å². The minimum absolute atomic E-state index is 0.874. The number of pyridine rings is 1. The second-order valence-corrected chi connectivity index (χ2v) is 2.23. The lowest BCUT2D eigenvalue weighted by molar-refractivity contribution is 0.179. The number of hydrogen-bond acceptors (Lipinski definition) is 3. The van der Waals surface area contributed by atoms with Gasteiger partial charge < -0.3 is 4.84 Å². The van der Waals surface area contributed by atoms with Gasteiger partial charge in [-0.25, -0.2) is 0 Å². The molecule has 10 heavy (non-hydrogen) atoms. The van der Waals surface area contributed by atoms with Crippen molar-refractivity contribution in [2.75, 3.05) is 6.54 Å². The lowest BCUT2D eigenvalue weighted by Crippen LogP contribution is -2.26. The molecule has 0 unspecified atom stereocenters. The minimum Gasteiger partial charge on any atom is -0.408 e. The van der Waals surface area contributed by atoms with Crippen molar-refractivity contribution in [3.8, 4) is 5.75 Å². The second-order valence-electron chi connectivity index (χ2n) is 2.23. The Bertz CT molecular complexity index is 212. The fourth-order valence-electron chi connectivity index (χ4n) is 1.02. The summed E-state index contributed by atoms with van der Waals surface area (Å²) in [6.07, 6.45) is 4.57. The van der Waals surface area contributed by atoms with Gasteiger partial charge in [-0.3, -0.25) is 4.98 Å². The Hall–Kier alpha value is -1.09. The quantitative estimate of drug-likeness (QED) is 0.564. The highest BCUT2D eigenvalue weighted by molar-refractivity contribution is 5.31. The Morgan fingerprint density at radius 2 is 2.60 bits per heavy atom. The van der Waals surface area contributed by atoms with Crippen LogP contribution in [-0.2, 0) is 6.42 Å². The van der Waals surface area contributed by atoms with E-state index < -0.39 is 0 Å². The van der Waals surface area contributed by atoms with Crippen molar-refractivity contribution < 1.29 is 4.84 Å². The van der Waals surface area contributed by atoms with Crippen molar-refractivity contribution in [1.29, 1.82) is 0 Å². The molecule has 1 N–H and O–H groups in total. The fourth-order valence-corrected chi connectivity index (χ4v) is 1.02. The molecule has 0 fully saturated rings. The first-order valence-electron chi connectivity index (χ1n) is 3.29. The van der Waals surface area contributed by atoms with Crippen molar-refractivity contribution >= 4 is 0 Å². The third-order valence-electron chi connectivity index (χ3n) is 1.54. The number of hydroxylamine groups is 1. The van der Waals surface area contributed by atoms with Gasteiger partial charge in [0.1, 0.15) is 0 Å². The highest BCUT2D eigenvalue weighted by Crippen LogP contribution is 2.18. The van der Waals surface area contributed by atoms with Gasteiger partial charge in [0.2, 0.25) is 0 Å². The molecule has 0 saturated carbocycles. The summed E-state index contributed by atoms with van der Waals surface area (Å²) in [5.74, 6) is 0.904. The van der Waals surface area contributed by atoms with Gasteiger partial charge in [-0.1, -0.05) is 0 Å². The van der Waals surface area contributed by atoms with Crippen LogP contribution in [0, 0.1) is 0 Å². The van der Waals surface area contributed by atoms with Crippen LogP contribution in [0.15, 0.2) is 18.5 Å². The number of nitrogens with zero attached hydrogens (tertiary/aromatic N) is 1. The molecule has 0 aromatic carbocycles. The van der Waals surface area contributed by atoms with Crippen LogP contribution >= 0.6 is 0 Å². The molecule has 0 amide bonds. The number of nitrogens with one attached hydrogen (secondary N) is 1. The predicted molar refractivity (Wildman–Crippen MR) is 36.6 cm³/mol. The van der Waals surface area contributed by atoms with E-state index in [1.54, 1.807) is 6.20 Å². The highest BCUT2D eigenvalue weighted by atomic mass is 16.6. The van der Waals surface area contributed by atoms with Gasteiger partial charge in [-0.15, -0.1) is 0 Å². The molecular formula is C7H8N2O. The molecule has 2 heterocycles. The smallest absolute Gasteiger partial charge is 0.153 e. The van der Waals surface area contributed by atoms with Gasteiger partial charge in [0, 0.05) is 30.6 Å². The van der Waals surface area contributed by atoms with Crippen LogP contribution < -0.4 is 10.3 Å². The van der Waals surface area contributed by atoms with Crippen molar-refractivity contribution in [2.45, 2.75) is 6.42 Å². The third-order valence-corrected chi connectivity index (χ3v) is 1.54. The molecule has 52 valence electrons. The minimum atomic E-state index is 0.874. The average molecular weight is 136 g/mol. The Morgan fingerprint density at radius 3 is 3.50 bits per heavy atom. The summed E-state index contributed by atoms with van der Waals surface area (Å²) in [7, 11) is 0. The van der Waals surface area contributed by atoms with E-state index in [4.69, 9.17) is 4.84 Å². The molecule has 0 atom stereocenters. The van der Waals surface area contributed by atoms with Crippen molar-refractivity contribution in [3.05, 3.63) is 24.0 Å². The molecule has 0 aliphatic carbocycles. The first-order chi connectivity index (χ1) is 4.97. The maximum Gasteiger partial charge on any atom is 0.153 e. The molecule has 1 aromatic heterocycles. The van der Waals surface area contributed by atoms with Gasteiger partial charge in [0.25, 0.3) is 0 Å². The summed E-state index contributed by atoms with van der Waals surface area (Å²) in [6, 6.07) is 1.86. The monoisotopic (exact) mass is 136 g/mol. The SMILES string of the molecule is c1cc2c(cn1)CCNO2. The molecule has 1 aliphatic heterocycles. The highest BCUT2D eigenvalue weighted by Gasteiger charge is 2.07. The van der Waals surface area contributed by atoms with Gasteiger partial charge in [-0.2, -0.15) is 5.48 Å². The molecule has 0 radical (unpaired) electrons. The first-order valence-corrected chi connectivity index (χ1v) is 3.29. The Kier molecular flexibility index (Phi) is 1.29. The van der Waals surface area contributed by atoms with Crippen LogP contribution in [0.2, 0.25) is 0 Å². The van der Waals surface area contributed by atoms with E-state index in [-0.39, 0.29) is 0 Å². The molecule has 0 spiro atoms. The number of aromatic nitrogens is 1.